The van der Waals surface area contributed by atoms with Crippen molar-refractivity contribution in [2.45, 2.75) is 25.4 Å². The zero-order valence-corrected chi connectivity index (χ0v) is 17.0. The van der Waals surface area contributed by atoms with Crippen LogP contribution in [0.2, 0.25) is 0 Å². The molecule has 5 rings (SSSR count). The van der Waals surface area contributed by atoms with Crippen LogP contribution in [0.3, 0.4) is 0 Å². The summed E-state index contributed by atoms with van der Waals surface area (Å²) >= 11 is 0. The molecule has 30 heavy (non-hydrogen) atoms. The van der Waals surface area contributed by atoms with Gasteiger partial charge in [-0.3, -0.25) is 0 Å². The van der Waals surface area contributed by atoms with Gasteiger partial charge >= 0.3 is 0 Å². The van der Waals surface area contributed by atoms with Crippen molar-refractivity contribution in [1.29, 1.82) is 0 Å². The molecule has 0 aliphatic heterocycles. The highest BCUT2D eigenvalue weighted by molar-refractivity contribution is 5.76. The van der Waals surface area contributed by atoms with Gasteiger partial charge in [-0.25, -0.2) is 4.98 Å². The quantitative estimate of drug-likeness (QED) is 0.448. The molecule has 0 bridgehead atoms. The molecular weight excluding hydrogens is 372 g/mol. The molecule has 3 aromatic carbocycles. The van der Waals surface area contributed by atoms with Gasteiger partial charge in [0.25, 0.3) is 0 Å². The molecule has 0 saturated heterocycles. The summed E-state index contributed by atoms with van der Waals surface area (Å²) in [5.41, 5.74) is 5.59. The van der Waals surface area contributed by atoms with Crippen LogP contribution in [0.15, 0.2) is 83.3 Å². The Labute approximate surface area is 176 Å². The number of nitrogens with zero attached hydrogens (tertiary/aromatic N) is 1. The maximum atomic E-state index is 6.25. The molecule has 0 amide bonds. The lowest BCUT2D eigenvalue weighted by Gasteiger charge is -2.13. The monoisotopic (exact) mass is 396 g/mol. The Morgan fingerprint density at radius 2 is 1.67 bits per heavy atom. The van der Waals surface area contributed by atoms with Crippen molar-refractivity contribution in [3.8, 4) is 28.3 Å². The van der Waals surface area contributed by atoms with E-state index >= 15 is 0 Å². The van der Waals surface area contributed by atoms with E-state index in [1.165, 1.54) is 11.1 Å². The maximum Gasteiger partial charge on any atom is 0.209 e. The maximum absolute atomic E-state index is 6.25. The zero-order valence-electron chi connectivity index (χ0n) is 17.0. The molecule has 4 heteroatoms. The second-order valence-corrected chi connectivity index (χ2v) is 7.52. The van der Waals surface area contributed by atoms with Crippen molar-refractivity contribution < 1.29 is 9.15 Å². The van der Waals surface area contributed by atoms with E-state index in [1.807, 2.05) is 42.5 Å². The first-order valence-corrected chi connectivity index (χ1v) is 10.3. The number of benzene rings is 3. The Morgan fingerprint density at radius 3 is 2.40 bits per heavy atom. The van der Waals surface area contributed by atoms with Crippen LogP contribution in [0.25, 0.3) is 22.6 Å². The lowest BCUT2D eigenvalue weighted by molar-refractivity contribution is 0.410. The summed E-state index contributed by atoms with van der Waals surface area (Å²) in [4.78, 5) is 4.85. The van der Waals surface area contributed by atoms with Crippen LogP contribution < -0.4 is 10.1 Å². The SMILES string of the molecule is COc1cccc2c1CCC2NCc1nc(-c2ccccc2)c(-c2ccccc2)o1. The summed E-state index contributed by atoms with van der Waals surface area (Å²) in [6, 6.07) is 26.9. The highest BCUT2D eigenvalue weighted by atomic mass is 16.5. The van der Waals surface area contributed by atoms with Gasteiger partial charge in [-0.1, -0.05) is 72.8 Å². The van der Waals surface area contributed by atoms with Gasteiger partial charge in [-0.15, -0.1) is 0 Å². The average Bonchev–Trinajstić information content (AvgIpc) is 3.43. The van der Waals surface area contributed by atoms with E-state index < -0.39 is 0 Å². The summed E-state index contributed by atoms with van der Waals surface area (Å²) in [5, 5.41) is 3.64. The third-order valence-electron chi connectivity index (χ3n) is 5.70. The van der Waals surface area contributed by atoms with Crippen LogP contribution in [0.5, 0.6) is 5.75 Å². The topological polar surface area (TPSA) is 47.3 Å². The Morgan fingerprint density at radius 1 is 0.933 bits per heavy atom. The summed E-state index contributed by atoms with van der Waals surface area (Å²) < 4.78 is 11.8. The minimum atomic E-state index is 0.280. The summed E-state index contributed by atoms with van der Waals surface area (Å²) in [6.45, 7) is 0.577. The molecule has 1 aromatic heterocycles. The van der Waals surface area contributed by atoms with Crippen molar-refractivity contribution in [2.75, 3.05) is 7.11 Å². The van der Waals surface area contributed by atoms with Gasteiger partial charge in [-0.05, 0) is 30.0 Å². The number of hydrogen-bond acceptors (Lipinski definition) is 4. The minimum absolute atomic E-state index is 0.280. The zero-order chi connectivity index (χ0) is 20.3. The van der Waals surface area contributed by atoms with Crippen molar-refractivity contribution in [3.05, 3.63) is 95.9 Å². The lowest BCUT2D eigenvalue weighted by Crippen LogP contribution is -2.18. The predicted molar refractivity (Wildman–Crippen MR) is 118 cm³/mol. The smallest absolute Gasteiger partial charge is 0.209 e. The number of methoxy groups -OCH3 is 1. The molecule has 0 radical (unpaired) electrons. The fourth-order valence-corrected chi connectivity index (χ4v) is 4.25. The highest BCUT2D eigenvalue weighted by Crippen LogP contribution is 2.37. The second kappa shape index (κ2) is 8.17. The summed E-state index contributed by atoms with van der Waals surface area (Å²) in [6.07, 6.45) is 2.07. The molecule has 0 fully saturated rings. The van der Waals surface area contributed by atoms with E-state index in [9.17, 15) is 0 Å². The Balaban J connectivity index is 1.42. The van der Waals surface area contributed by atoms with Crippen LogP contribution >= 0.6 is 0 Å². The third kappa shape index (κ3) is 3.51. The van der Waals surface area contributed by atoms with Crippen LogP contribution in [-0.4, -0.2) is 12.1 Å². The number of ether oxygens (including phenoxy) is 1. The molecular formula is C26H24N2O2. The normalized spacial score (nSPS) is 15.2. The third-order valence-corrected chi connectivity index (χ3v) is 5.70. The van der Waals surface area contributed by atoms with Crippen molar-refractivity contribution in [2.24, 2.45) is 0 Å². The standard InChI is InChI=1S/C26H24N2O2/c1-29-23-14-8-13-20-21(23)15-16-22(20)27-17-24-28-25(18-9-4-2-5-10-18)26(30-24)19-11-6-3-7-12-19/h2-14,22,27H,15-17H2,1H3. The lowest BCUT2D eigenvalue weighted by atomic mass is 10.1. The number of rotatable bonds is 6. The van der Waals surface area contributed by atoms with E-state index in [1.54, 1.807) is 7.11 Å². The molecule has 150 valence electrons. The van der Waals surface area contributed by atoms with Gasteiger partial charge < -0.3 is 14.5 Å². The molecule has 0 spiro atoms. The minimum Gasteiger partial charge on any atom is -0.496 e. The van der Waals surface area contributed by atoms with E-state index in [4.69, 9.17) is 14.1 Å². The largest absolute Gasteiger partial charge is 0.496 e. The van der Waals surface area contributed by atoms with Gasteiger partial charge in [-0.2, -0.15) is 0 Å². The van der Waals surface area contributed by atoms with Crippen molar-refractivity contribution >= 4 is 0 Å². The molecule has 4 nitrogen and oxygen atoms in total. The first-order valence-electron chi connectivity index (χ1n) is 10.3. The fourth-order valence-electron chi connectivity index (χ4n) is 4.25. The molecule has 1 unspecified atom stereocenters. The second-order valence-electron chi connectivity index (χ2n) is 7.52. The first-order chi connectivity index (χ1) is 14.8. The van der Waals surface area contributed by atoms with E-state index in [0.717, 1.165) is 41.2 Å². The van der Waals surface area contributed by atoms with Crippen LogP contribution in [0.4, 0.5) is 0 Å². The predicted octanol–water partition coefficient (Wildman–Crippen LogP) is 5.79. The summed E-state index contributed by atoms with van der Waals surface area (Å²) in [7, 11) is 1.74. The highest BCUT2D eigenvalue weighted by Gasteiger charge is 2.25. The van der Waals surface area contributed by atoms with Crippen molar-refractivity contribution in [1.82, 2.24) is 10.3 Å². The average molecular weight is 396 g/mol. The number of nitrogens with one attached hydrogen (secondary N) is 1. The molecule has 1 atom stereocenters. The van der Waals surface area contributed by atoms with Gasteiger partial charge in [0, 0.05) is 17.2 Å². The number of hydrogen-bond donors (Lipinski definition) is 1. The molecule has 0 saturated carbocycles. The van der Waals surface area contributed by atoms with Gasteiger partial charge in [0.1, 0.15) is 11.4 Å². The van der Waals surface area contributed by atoms with Gasteiger partial charge in [0.2, 0.25) is 5.89 Å². The first kappa shape index (κ1) is 18.6. The number of aromatic nitrogens is 1. The van der Waals surface area contributed by atoms with Crippen LogP contribution in [0.1, 0.15) is 29.5 Å². The number of fused-ring (bicyclic) bond motifs is 1. The molecule has 4 aromatic rings. The van der Waals surface area contributed by atoms with Gasteiger partial charge in [0.05, 0.1) is 13.7 Å². The summed E-state index contributed by atoms with van der Waals surface area (Å²) in [5.74, 6) is 2.49. The van der Waals surface area contributed by atoms with Crippen LogP contribution in [-0.2, 0) is 13.0 Å². The number of oxazole rings is 1. The van der Waals surface area contributed by atoms with Crippen molar-refractivity contribution in [3.63, 3.8) is 0 Å². The fraction of sp³-hybridized carbons (Fsp3) is 0.192. The Kier molecular flexibility index (Phi) is 5.08. The van der Waals surface area contributed by atoms with E-state index in [-0.39, 0.29) is 6.04 Å². The van der Waals surface area contributed by atoms with E-state index in [0.29, 0.717) is 12.4 Å². The van der Waals surface area contributed by atoms with Crippen LogP contribution in [0, 0.1) is 0 Å². The molecule has 1 aliphatic rings. The molecule has 1 heterocycles. The molecule has 1 aliphatic carbocycles. The Hall–Kier alpha value is -3.37. The van der Waals surface area contributed by atoms with E-state index in [2.05, 4.69) is 41.7 Å². The Bertz CT molecular complexity index is 1080. The molecule has 1 N–H and O–H groups in total. The van der Waals surface area contributed by atoms with Gasteiger partial charge in [0.15, 0.2) is 5.76 Å².